The van der Waals surface area contributed by atoms with Crippen LogP contribution in [0.5, 0.6) is 0 Å². The van der Waals surface area contributed by atoms with Gasteiger partial charge in [-0.15, -0.1) is 0 Å². The van der Waals surface area contributed by atoms with Gasteiger partial charge < -0.3 is 0 Å². The van der Waals surface area contributed by atoms with Crippen molar-refractivity contribution in [1.82, 2.24) is 14.1 Å². The van der Waals surface area contributed by atoms with Crippen molar-refractivity contribution in [2.75, 3.05) is 5.75 Å². The molecular weight excluding hydrogens is 432 g/mol. The number of nitriles is 1. The average Bonchev–Trinajstić information content (AvgIpc) is 3.06. The number of benzene rings is 2. The smallest absolute Gasteiger partial charge is 0.275 e. The van der Waals surface area contributed by atoms with Crippen LogP contribution in [-0.4, -0.2) is 19.9 Å². The zero-order valence-corrected chi connectivity index (χ0v) is 19.1. The van der Waals surface area contributed by atoms with Gasteiger partial charge in [-0.25, -0.2) is 4.98 Å². The molecule has 2 aromatic heterocycles. The molecule has 0 fully saturated rings. The van der Waals surface area contributed by atoms with Crippen LogP contribution in [0, 0.1) is 36.1 Å². The lowest BCUT2D eigenvalue weighted by atomic mass is 10.1. The highest BCUT2D eigenvalue weighted by Gasteiger charge is 2.19. The molecule has 0 aliphatic rings. The summed E-state index contributed by atoms with van der Waals surface area (Å²) in [4.78, 5) is 18.3. The average molecular weight is 451 g/mol. The second-order valence-electron chi connectivity index (χ2n) is 6.94. The van der Waals surface area contributed by atoms with Gasteiger partial charge in [-0.05, 0) is 68.4 Å². The van der Waals surface area contributed by atoms with Gasteiger partial charge in [0.15, 0.2) is 14.8 Å². The molecular formula is C22H18N4OS3. The zero-order chi connectivity index (χ0) is 21.4. The summed E-state index contributed by atoms with van der Waals surface area (Å²) < 4.78 is 4.48. The first-order chi connectivity index (χ1) is 14.4. The van der Waals surface area contributed by atoms with E-state index >= 15 is 0 Å². The first-order valence-corrected chi connectivity index (χ1v) is 11.4. The Morgan fingerprint density at radius 2 is 1.77 bits per heavy atom. The summed E-state index contributed by atoms with van der Waals surface area (Å²) in [5.74, 6) is 0.193. The summed E-state index contributed by atoms with van der Waals surface area (Å²) >= 11 is 8.12. The van der Waals surface area contributed by atoms with Crippen LogP contribution in [0.25, 0.3) is 21.7 Å². The van der Waals surface area contributed by atoms with E-state index in [4.69, 9.17) is 22.5 Å². The van der Waals surface area contributed by atoms with E-state index in [-0.39, 0.29) is 11.3 Å². The lowest BCUT2D eigenvalue weighted by molar-refractivity contribution is 0.812. The second-order valence-corrected chi connectivity index (χ2v) is 9.53. The molecule has 5 nitrogen and oxygen atoms in total. The van der Waals surface area contributed by atoms with Crippen LogP contribution in [0.1, 0.15) is 16.7 Å². The SMILES string of the molecule is Cc1ccc(-n2c(SCC#N)nc3c(sc(=S)n3-c3ccc(C)c(C)c3)c2=O)cc1. The Morgan fingerprint density at radius 1 is 1.07 bits per heavy atom. The fraction of sp³-hybridized carbons (Fsp3) is 0.182. The summed E-state index contributed by atoms with van der Waals surface area (Å²) in [5, 5.41) is 9.57. The first kappa shape index (κ1) is 20.5. The van der Waals surface area contributed by atoms with Gasteiger partial charge in [0.25, 0.3) is 5.56 Å². The lowest BCUT2D eigenvalue weighted by Crippen LogP contribution is -2.21. The maximum Gasteiger partial charge on any atom is 0.278 e. The zero-order valence-electron chi connectivity index (χ0n) is 16.7. The normalized spacial score (nSPS) is 11.0. The van der Waals surface area contributed by atoms with Crippen molar-refractivity contribution in [2.24, 2.45) is 0 Å². The Morgan fingerprint density at radius 3 is 2.43 bits per heavy atom. The largest absolute Gasteiger partial charge is 0.278 e. The van der Waals surface area contributed by atoms with E-state index in [1.807, 2.05) is 60.9 Å². The number of aryl methyl sites for hydroxylation is 3. The fourth-order valence-corrected chi connectivity index (χ4v) is 5.11. The van der Waals surface area contributed by atoms with Crippen molar-refractivity contribution >= 4 is 45.7 Å². The Balaban J connectivity index is 2.04. The molecule has 4 rings (SSSR count). The fourth-order valence-electron chi connectivity index (χ4n) is 3.14. The molecule has 0 amide bonds. The molecule has 2 heterocycles. The number of thiazole rings is 1. The minimum atomic E-state index is -0.178. The summed E-state index contributed by atoms with van der Waals surface area (Å²) in [6.07, 6.45) is 0. The molecule has 8 heteroatoms. The number of hydrogen-bond donors (Lipinski definition) is 0. The van der Waals surface area contributed by atoms with E-state index in [0.29, 0.717) is 19.5 Å². The second kappa shape index (κ2) is 8.19. The van der Waals surface area contributed by atoms with Crippen LogP contribution < -0.4 is 5.56 Å². The van der Waals surface area contributed by atoms with E-state index in [2.05, 4.69) is 13.0 Å². The number of rotatable bonds is 4. The van der Waals surface area contributed by atoms with E-state index in [0.717, 1.165) is 22.5 Å². The van der Waals surface area contributed by atoms with Crippen molar-refractivity contribution in [3.05, 3.63) is 73.5 Å². The van der Waals surface area contributed by atoms with Gasteiger partial charge in [-0.3, -0.25) is 13.9 Å². The monoisotopic (exact) mass is 450 g/mol. The van der Waals surface area contributed by atoms with Crippen molar-refractivity contribution in [3.63, 3.8) is 0 Å². The maximum absolute atomic E-state index is 13.5. The molecule has 4 aromatic rings. The number of hydrogen-bond acceptors (Lipinski definition) is 6. The lowest BCUT2D eigenvalue weighted by Gasteiger charge is -2.12. The number of aromatic nitrogens is 3. The molecule has 0 aliphatic carbocycles. The van der Waals surface area contributed by atoms with Crippen LogP contribution in [0.4, 0.5) is 0 Å². The van der Waals surface area contributed by atoms with Crippen LogP contribution in [-0.2, 0) is 0 Å². The van der Waals surface area contributed by atoms with Crippen LogP contribution in [0.2, 0.25) is 0 Å². The van der Waals surface area contributed by atoms with Gasteiger partial charge in [0.1, 0.15) is 4.70 Å². The minimum absolute atomic E-state index is 0.178. The molecule has 150 valence electrons. The quantitative estimate of drug-likeness (QED) is 0.233. The number of fused-ring (bicyclic) bond motifs is 1. The van der Waals surface area contributed by atoms with E-state index in [1.165, 1.54) is 28.7 Å². The van der Waals surface area contributed by atoms with Gasteiger partial charge in [0.2, 0.25) is 0 Å². The van der Waals surface area contributed by atoms with E-state index < -0.39 is 0 Å². The highest BCUT2D eigenvalue weighted by atomic mass is 32.2. The van der Waals surface area contributed by atoms with Gasteiger partial charge >= 0.3 is 0 Å². The number of nitrogens with zero attached hydrogens (tertiary/aromatic N) is 4. The highest BCUT2D eigenvalue weighted by Crippen LogP contribution is 2.28. The van der Waals surface area contributed by atoms with Crippen molar-refractivity contribution < 1.29 is 0 Å². The predicted molar refractivity (Wildman–Crippen MR) is 126 cm³/mol. The molecule has 0 atom stereocenters. The first-order valence-electron chi connectivity index (χ1n) is 9.23. The third kappa shape index (κ3) is 3.60. The summed E-state index contributed by atoms with van der Waals surface area (Å²) in [6, 6.07) is 15.9. The molecule has 0 spiro atoms. The molecule has 0 saturated carbocycles. The van der Waals surface area contributed by atoms with E-state index in [1.54, 1.807) is 4.57 Å². The molecule has 0 N–H and O–H groups in total. The Hall–Kier alpha value is -2.73. The Bertz CT molecular complexity index is 1420. The molecule has 0 saturated heterocycles. The summed E-state index contributed by atoms with van der Waals surface area (Å²) in [6.45, 7) is 6.09. The van der Waals surface area contributed by atoms with E-state index in [9.17, 15) is 4.79 Å². The van der Waals surface area contributed by atoms with Crippen molar-refractivity contribution in [2.45, 2.75) is 25.9 Å². The van der Waals surface area contributed by atoms with Crippen molar-refractivity contribution in [1.29, 1.82) is 5.26 Å². The molecule has 0 unspecified atom stereocenters. The molecule has 0 bridgehead atoms. The molecule has 30 heavy (non-hydrogen) atoms. The third-order valence-corrected chi connectivity index (χ3v) is 7.04. The van der Waals surface area contributed by atoms with Crippen LogP contribution in [0.15, 0.2) is 52.4 Å². The summed E-state index contributed by atoms with van der Waals surface area (Å²) in [7, 11) is 0. The highest BCUT2D eigenvalue weighted by molar-refractivity contribution is 7.99. The standard InChI is InChI=1S/C22H18N4OS3/c1-13-4-7-16(8-5-13)26-20(27)18-19(24-21(26)29-11-10-23)25(22(28)30-18)17-9-6-14(2)15(3)12-17/h4-9,12H,11H2,1-3H3. The molecule has 2 aromatic carbocycles. The number of thioether (sulfide) groups is 1. The predicted octanol–water partition coefficient (Wildman–Crippen LogP) is 5.51. The van der Waals surface area contributed by atoms with Crippen LogP contribution in [0.3, 0.4) is 0 Å². The Labute approximate surface area is 187 Å². The third-order valence-electron chi connectivity index (χ3n) is 4.88. The van der Waals surface area contributed by atoms with Gasteiger partial charge in [0, 0.05) is 5.69 Å². The maximum atomic E-state index is 13.5. The van der Waals surface area contributed by atoms with Gasteiger partial charge in [-0.1, -0.05) is 46.9 Å². The topological polar surface area (TPSA) is 63.6 Å². The molecule has 0 radical (unpaired) electrons. The minimum Gasteiger partial charge on any atom is -0.275 e. The molecule has 0 aliphatic heterocycles. The van der Waals surface area contributed by atoms with Gasteiger partial charge in [-0.2, -0.15) is 5.26 Å². The van der Waals surface area contributed by atoms with Crippen molar-refractivity contribution in [3.8, 4) is 17.4 Å². The van der Waals surface area contributed by atoms with Crippen LogP contribution >= 0.6 is 35.3 Å². The Kier molecular flexibility index (Phi) is 5.60. The summed E-state index contributed by atoms with van der Waals surface area (Å²) in [5.41, 5.74) is 5.38. The van der Waals surface area contributed by atoms with Gasteiger partial charge in [0.05, 0.1) is 17.5 Å².